The predicted octanol–water partition coefficient (Wildman–Crippen LogP) is 5.29. The number of primary amides is 1. The summed E-state index contributed by atoms with van der Waals surface area (Å²) in [5.74, 6) is -0.215. The van der Waals surface area contributed by atoms with Crippen LogP contribution >= 0.6 is 0 Å². The van der Waals surface area contributed by atoms with Crippen molar-refractivity contribution in [1.82, 2.24) is 29.9 Å². The van der Waals surface area contributed by atoms with Crippen molar-refractivity contribution in [2.45, 2.75) is 110 Å². The molecule has 2 aliphatic rings. The number of nitrogens with one attached hydrogen (secondary N) is 3. The predicted molar refractivity (Wildman–Crippen MR) is 201 cm³/mol. The van der Waals surface area contributed by atoms with Gasteiger partial charge in [-0.2, -0.15) is 5.10 Å². The van der Waals surface area contributed by atoms with Gasteiger partial charge in [0.15, 0.2) is 5.65 Å². The van der Waals surface area contributed by atoms with Gasteiger partial charge in [-0.1, -0.05) is 26.2 Å². The Morgan fingerprint density at radius 2 is 1.73 bits per heavy atom. The Hall–Kier alpha value is -4.23. The second-order valence-electron chi connectivity index (χ2n) is 13.8. The Labute approximate surface area is 302 Å². The maximum atomic E-state index is 13.3. The molecule has 2 aromatic heterocycles. The molecule has 2 saturated heterocycles. The summed E-state index contributed by atoms with van der Waals surface area (Å²) in [6, 6.07) is 7.35. The number of nitrogens with two attached hydrogens (primary N) is 1. The van der Waals surface area contributed by atoms with E-state index in [4.69, 9.17) is 15.5 Å². The van der Waals surface area contributed by atoms with Gasteiger partial charge in [0.25, 0.3) is 5.91 Å². The molecule has 4 heterocycles. The fraction of sp³-hybridized carbons (Fsp3) is 0.605. The van der Waals surface area contributed by atoms with Crippen LogP contribution in [-0.4, -0.2) is 94.4 Å². The molecule has 13 heteroatoms. The topological polar surface area (TPSA) is 160 Å². The van der Waals surface area contributed by atoms with Crippen molar-refractivity contribution in [3.05, 3.63) is 47.3 Å². The second kappa shape index (κ2) is 18.8. The van der Waals surface area contributed by atoms with Gasteiger partial charge in [-0.05, 0) is 89.2 Å². The highest BCUT2D eigenvalue weighted by atomic mass is 16.5. The summed E-state index contributed by atoms with van der Waals surface area (Å²) in [5.41, 5.74) is 10.2. The molecule has 0 aliphatic carbocycles. The van der Waals surface area contributed by atoms with E-state index < -0.39 is 6.03 Å². The van der Waals surface area contributed by atoms with Crippen LogP contribution in [0.25, 0.3) is 11.0 Å². The SMILES string of the molecule is CCc1nc2c(cnn2CC)c(NC2CCN(C(N)=O)CC2)c1CNC(=O)c1ccc(NC(=O)CCCCCCCN2CCC[C@@H]2COC)cc1. The van der Waals surface area contributed by atoms with Gasteiger partial charge >= 0.3 is 6.03 Å². The van der Waals surface area contributed by atoms with Crippen molar-refractivity contribution < 1.29 is 19.1 Å². The smallest absolute Gasteiger partial charge is 0.314 e. The van der Waals surface area contributed by atoms with E-state index in [1.54, 1.807) is 36.3 Å². The number of amides is 4. The third-order valence-electron chi connectivity index (χ3n) is 10.3. The number of unbranched alkanes of at least 4 members (excludes halogenated alkanes) is 4. The Kier molecular flexibility index (Phi) is 14.0. The number of carbonyl (C=O) groups is 3. The molecule has 2 fully saturated rings. The zero-order valence-electron chi connectivity index (χ0n) is 30.7. The van der Waals surface area contributed by atoms with Gasteiger partial charge in [0, 0.05) is 74.3 Å². The molecule has 13 nitrogen and oxygen atoms in total. The molecule has 0 saturated carbocycles. The minimum atomic E-state index is -0.391. The summed E-state index contributed by atoms with van der Waals surface area (Å²) in [6.45, 7) is 9.41. The Bertz CT molecular complexity index is 1600. The number of pyridine rings is 1. The van der Waals surface area contributed by atoms with Crippen molar-refractivity contribution in [2.24, 2.45) is 5.73 Å². The normalized spacial score (nSPS) is 16.8. The molecule has 1 atom stereocenters. The van der Waals surface area contributed by atoms with Gasteiger partial charge in [0.1, 0.15) is 0 Å². The summed E-state index contributed by atoms with van der Waals surface area (Å²) in [4.78, 5) is 46.8. The van der Waals surface area contributed by atoms with Crippen molar-refractivity contribution >= 4 is 40.3 Å². The van der Waals surface area contributed by atoms with Crippen LogP contribution in [0.1, 0.15) is 99.7 Å². The summed E-state index contributed by atoms with van der Waals surface area (Å²) in [7, 11) is 1.78. The van der Waals surface area contributed by atoms with E-state index >= 15 is 0 Å². The molecule has 0 bridgehead atoms. The van der Waals surface area contributed by atoms with E-state index in [1.165, 1.54) is 32.2 Å². The summed E-state index contributed by atoms with van der Waals surface area (Å²) < 4.78 is 7.24. The number of urea groups is 1. The number of piperidine rings is 1. The Morgan fingerprint density at radius 3 is 2.43 bits per heavy atom. The molecule has 2 aliphatic heterocycles. The first kappa shape index (κ1) is 38.0. The fourth-order valence-corrected chi connectivity index (χ4v) is 7.40. The first-order valence-corrected chi connectivity index (χ1v) is 18.9. The number of hydrogen-bond donors (Lipinski definition) is 4. The number of likely N-dealkylation sites (tertiary alicyclic amines) is 2. The van der Waals surface area contributed by atoms with Crippen LogP contribution in [-0.2, 0) is 29.0 Å². The lowest BCUT2D eigenvalue weighted by molar-refractivity contribution is -0.116. The number of fused-ring (bicyclic) bond motifs is 1. The van der Waals surface area contributed by atoms with Crippen LogP contribution in [0.4, 0.5) is 16.2 Å². The van der Waals surface area contributed by atoms with Crippen LogP contribution in [0, 0.1) is 0 Å². The van der Waals surface area contributed by atoms with Crippen LogP contribution in [0.2, 0.25) is 0 Å². The molecule has 0 radical (unpaired) electrons. The molecular formula is C38H57N9O4. The lowest BCUT2D eigenvalue weighted by atomic mass is 10.0. The number of methoxy groups -OCH3 is 1. The molecule has 278 valence electrons. The summed E-state index contributed by atoms with van der Waals surface area (Å²) in [6.07, 6.45) is 12.5. The van der Waals surface area contributed by atoms with Crippen molar-refractivity contribution in [3.8, 4) is 0 Å². The number of aromatic nitrogens is 3. The van der Waals surface area contributed by atoms with Crippen LogP contribution in [0.5, 0.6) is 0 Å². The summed E-state index contributed by atoms with van der Waals surface area (Å²) in [5, 5.41) is 15.3. The van der Waals surface area contributed by atoms with Gasteiger partial charge < -0.3 is 31.3 Å². The zero-order valence-corrected chi connectivity index (χ0v) is 30.7. The average Bonchev–Trinajstić information content (AvgIpc) is 3.77. The molecule has 3 aromatic rings. The van der Waals surface area contributed by atoms with Crippen LogP contribution in [0.15, 0.2) is 30.5 Å². The highest BCUT2D eigenvalue weighted by Gasteiger charge is 2.26. The minimum Gasteiger partial charge on any atom is -0.383 e. The Balaban J connectivity index is 1.10. The monoisotopic (exact) mass is 703 g/mol. The largest absolute Gasteiger partial charge is 0.383 e. The maximum absolute atomic E-state index is 13.3. The first-order chi connectivity index (χ1) is 24.8. The van der Waals surface area contributed by atoms with E-state index in [-0.39, 0.29) is 24.4 Å². The molecule has 0 spiro atoms. The van der Waals surface area contributed by atoms with Gasteiger partial charge in [0.2, 0.25) is 5.91 Å². The molecule has 4 amide bonds. The molecule has 5 N–H and O–H groups in total. The molecule has 5 rings (SSSR count). The number of rotatable bonds is 18. The van der Waals surface area contributed by atoms with E-state index in [0.29, 0.717) is 49.8 Å². The molecule has 0 unspecified atom stereocenters. The molecule has 1 aromatic carbocycles. The van der Waals surface area contributed by atoms with Crippen molar-refractivity contribution in [3.63, 3.8) is 0 Å². The number of carbonyl (C=O) groups excluding carboxylic acids is 3. The number of nitrogens with zero attached hydrogens (tertiary/aromatic N) is 5. The molecule has 51 heavy (non-hydrogen) atoms. The lowest BCUT2D eigenvalue weighted by Crippen LogP contribution is -2.44. The van der Waals surface area contributed by atoms with Gasteiger partial charge in [-0.3, -0.25) is 14.5 Å². The minimum absolute atomic E-state index is 0.00612. The van der Waals surface area contributed by atoms with Gasteiger partial charge in [0.05, 0.1) is 23.9 Å². The van der Waals surface area contributed by atoms with Gasteiger partial charge in [-0.25, -0.2) is 14.5 Å². The van der Waals surface area contributed by atoms with E-state index in [9.17, 15) is 14.4 Å². The highest BCUT2D eigenvalue weighted by Crippen LogP contribution is 2.31. The first-order valence-electron chi connectivity index (χ1n) is 18.9. The number of benzene rings is 1. The molecular weight excluding hydrogens is 646 g/mol. The fourth-order valence-electron chi connectivity index (χ4n) is 7.40. The third-order valence-corrected chi connectivity index (χ3v) is 10.3. The quantitative estimate of drug-likeness (QED) is 0.130. The van der Waals surface area contributed by atoms with Gasteiger partial charge in [-0.15, -0.1) is 0 Å². The Morgan fingerprint density at radius 1 is 0.980 bits per heavy atom. The van der Waals surface area contributed by atoms with E-state index in [1.807, 2.05) is 17.8 Å². The summed E-state index contributed by atoms with van der Waals surface area (Å²) >= 11 is 0. The maximum Gasteiger partial charge on any atom is 0.314 e. The number of ether oxygens (including phenoxy) is 1. The number of anilines is 2. The highest BCUT2D eigenvalue weighted by molar-refractivity contribution is 5.96. The van der Waals surface area contributed by atoms with E-state index in [0.717, 1.165) is 73.2 Å². The lowest BCUT2D eigenvalue weighted by Gasteiger charge is -2.32. The third kappa shape index (κ3) is 10.2. The number of aryl methyl sites for hydroxylation is 2. The van der Waals surface area contributed by atoms with Crippen molar-refractivity contribution in [1.29, 1.82) is 0 Å². The second-order valence-corrected chi connectivity index (χ2v) is 13.8. The van der Waals surface area contributed by atoms with Crippen LogP contribution < -0.4 is 21.7 Å². The van der Waals surface area contributed by atoms with E-state index in [2.05, 4.69) is 32.9 Å². The average molecular weight is 704 g/mol. The van der Waals surface area contributed by atoms with Crippen molar-refractivity contribution in [2.75, 3.05) is 50.5 Å². The zero-order chi connectivity index (χ0) is 36.2. The van der Waals surface area contributed by atoms with Crippen LogP contribution in [0.3, 0.4) is 0 Å². The standard InChI is InChI=1S/C38H57N9O4/c1-4-33-31(35(32-25-41-47(5-2)36(32)44-33)43-29-18-22-46(23-19-29)38(39)50)24-40-37(49)27-14-16-28(17-15-27)42-34(48)13-9-7-6-8-10-20-45-21-11-12-30(45)26-51-3/h14-17,25,29-30H,4-13,18-24,26H2,1-3H3,(H2,39,50)(H,40,49)(H,42,48)(H,43,44)/t30-/m1/s1. The number of hydrogen-bond acceptors (Lipinski definition) is 8.